The van der Waals surface area contributed by atoms with E-state index in [9.17, 15) is 4.79 Å². The number of aliphatic hydroxyl groups excluding tert-OH is 1. The fourth-order valence-corrected chi connectivity index (χ4v) is 1.18. The van der Waals surface area contributed by atoms with E-state index in [0.717, 1.165) is 17.6 Å². The van der Waals surface area contributed by atoms with Crippen LogP contribution in [0, 0.1) is 0 Å². The van der Waals surface area contributed by atoms with Crippen LogP contribution in [0.5, 0.6) is 0 Å². The smallest absolute Gasteiger partial charge is 0.275 e. The van der Waals surface area contributed by atoms with Gasteiger partial charge in [0.2, 0.25) is 0 Å². The second-order valence-electron chi connectivity index (χ2n) is 2.67. The number of hydrogen-bond acceptors (Lipinski definition) is 3. The number of aliphatic hydroxyl groups is 1. The molecule has 2 rings (SSSR count). The molecule has 1 heterocycles. The van der Waals surface area contributed by atoms with Crippen LogP contribution in [0.2, 0.25) is 0 Å². The van der Waals surface area contributed by atoms with Gasteiger partial charge < -0.3 is 15.7 Å². The quantitative estimate of drug-likeness (QED) is 0.414. The summed E-state index contributed by atoms with van der Waals surface area (Å²) >= 11 is 0. The first-order valence-corrected chi connectivity index (χ1v) is 3.83. The van der Waals surface area contributed by atoms with E-state index >= 15 is 0 Å². The molecule has 1 amide bonds. The van der Waals surface area contributed by atoms with E-state index in [1.54, 1.807) is 6.07 Å². The molecule has 13 heavy (non-hydrogen) atoms. The van der Waals surface area contributed by atoms with Crippen LogP contribution >= 0.6 is 0 Å². The lowest BCUT2D eigenvalue weighted by molar-refractivity contribution is -0.112. The standard InChI is InChI=1S/C9H8N2O2/c12-5-8-9(13)11-7-4-2-1-3-6(7)10-8/h1-5,10,12H,(H,11,13). The van der Waals surface area contributed by atoms with Gasteiger partial charge in [-0.05, 0) is 12.1 Å². The van der Waals surface area contributed by atoms with Gasteiger partial charge in [-0.1, -0.05) is 12.1 Å². The molecule has 3 N–H and O–H groups in total. The third kappa shape index (κ3) is 1.22. The second-order valence-corrected chi connectivity index (χ2v) is 2.67. The van der Waals surface area contributed by atoms with Crippen molar-refractivity contribution in [2.75, 3.05) is 10.6 Å². The fourth-order valence-electron chi connectivity index (χ4n) is 1.18. The number of carbonyl (C=O) groups excluding carboxylic acids is 1. The summed E-state index contributed by atoms with van der Waals surface area (Å²) in [6.45, 7) is 0. The minimum Gasteiger partial charge on any atom is -0.513 e. The molecule has 0 spiro atoms. The zero-order valence-corrected chi connectivity index (χ0v) is 6.74. The van der Waals surface area contributed by atoms with Crippen LogP contribution in [-0.4, -0.2) is 11.0 Å². The highest BCUT2D eigenvalue weighted by Crippen LogP contribution is 2.26. The SMILES string of the molecule is O=C1Nc2ccccc2NC1=CO. The Balaban J connectivity index is 2.44. The van der Waals surface area contributed by atoms with Crippen LogP contribution in [0.1, 0.15) is 0 Å². The van der Waals surface area contributed by atoms with Crippen LogP contribution in [0.25, 0.3) is 0 Å². The van der Waals surface area contributed by atoms with E-state index < -0.39 is 0 Å². The topological polar surface area (TPSA) is 61.4 Å². The number of para-hydroxylation sites is 2. The van der Waals surface area contributed by atoms with Gasteiger partial charge in [0.15, 0.2) is 0 Å². The van der Waals surface area contributed by atoms with Gasteiger partial charge in [-0.2, -0.15) is 0 Å². The van der Waals surface area contributed by atoms with Crippen LogP contribution in [0.15, 0.2) is 36.2 Å². The lowest BCUT2D eigenvalue weighted by Gasteiger charge is -2.19. The van der Waals surface area contributed by atoms with E-state index in [4.69, 9.17) is 5.11 Å². The minimum atomic E-state index is -0.332. The molecule has 0 atom stereocenters. The predicted octanol–water partition coefficient (Wildman–Crippen LogP) is 1.45. The summed E-state index contributed by atoms with van der Waals surface area (Å²) in [6.07, 6.45) is 0.755. The van der Waals surface area contributed by atoms with E-state index in [-0.39, 0.29) is 11.6 Å². The van der Waals surface area contributed by atoms with Crippen molar-refractivity contribution in [1.82, 2.24) is 0 Å². The first-order valence-electron chi connectivity index (χ1n) is 3.83. The molecule has 0 aliphatic carbocycles. The highest BCUT2D eigenvalue weighted by Gasteiger charge is 2.18. The van der Waals surface area contributed by atoms with Gasteiger partial charge in [0.25, 0.3) is 5.91 Å². The Bertz CT molecular complexity index is 385. The number of carbonyl (C=O) groups is 1. The van der Waals surface area contributed by atoms with Crippen molar-refractivity contribution >= 4 is 17.3 Å². The number of hydrogen-bond donors (Lipinski definition) is 3. The summed E-state index contributed by atoms with van der Waals surface area (Å²) in [6, 6.07) is 7.28. The maximum atomic E-state index is 11.2. The van der Waals surface area contributed by atoms with E-state index in [2.05, 4.69) is 10.6 Å². The monoisotopic (exact) mass is 176 g/mol. The Morgan fingerprint density at radius 2 is 1.77 bits per heavy atom. The molecule has 1 aliphatic heterocycles. The maximum Gasteiger partial charge on any atom is 0.275 e. The summed E-state index contributed by atoms with van der Waals surface area (Å²) in [7, 11) is 0. The zero-order chi connectivity index (χ0) is 9.26. The number of amides is 1. The molecule has 0 saturated carbocycles. The first-order chi connectivity index (χ1) is 6.31. The van der Waals surface area contributed by atoms with E-state index in [0.29, 0.717) is 0 Å². The molecular formula is C9H8N2O2. The fraction of sp³-hybridized carbons (Fsp3) is 0. The van der Waals surface area contributed by atoms with Crippen molar-refractivity contribution in [3.8, 4) is 0 Å². The number of benzene rings is 1. The van der Waals surface area contributed by atoms with Gasteiger partial charge in [-0.25, -0.2) is 0 Å². The predicted molar refractivity (Wildman–Crippen MR) is 49.4 cm³/mol. The Morgan fingerprint density at radius 3 is 2.38 bits per heavy atom. The average molecular weight is 176 g/mol. The van der Waals surface area contributed by atoms with Crippen molar-refractivity contribution < 1.29 is 9.90 Å². The van der Waals surface area contributed by atoms with Crippen LogP contribution in [-0.2, 0) is 4.79 Å². The molecule has 1 aliphatic rings. The molecule has 1 aromatic carbocycles. The normalized spacial score (nSPS) is 17.5. The van der Waals surface area contributed by atoms with Crippen LogP contribution in [0.4, 0.5) is 11.4 Å². The third-order valence-electron chi connectivity index (χ3n) is 1.82. The van der Waals surface area contributed by atoms with Crippen molar-refractivity contribution in [2.24, 2.45) is 0 Å². The average Bonchev–Trinajstić information content (AvgIpc) is 2.17. The van der Waals surface area contributed by atoms with Gasteiger partial charge in [0.05, 0.1) is 11.4 Å². The Hall–Kier alpha value is -1.97. The number of rotatable bonds is 0. The molecule has 0 bridgehead atoms. The van der Waals surface area contributed by atoms with Crippen molar-refractivity contribution in [3.63, 3.8) is 0 Å². The van der Waals surface area contributed by atoms with Crippen molar-refractivity contribution in [3.05, 3.63) is 36.2 Å². The summed E-state index contributed by atoms with van der Waals surface area (Å²) < 4.78 is 0. The Kier molecular flexibility index (Phi) is 1.66. The molecule has 4 heteroatoms. The van der Waals surface area contributed by atoms with E-state index in [1.807, 2.05) is 18.2 Å². The molecule has 66 valence electrons. The van der Waals surface area contributed by atoms with Gasteiger partial charge in [0.1, 0.15) is 12.0 Å². The maximum absolute atomic E-state index is 11.2. The Labute approximate surface area is 74.9 Å². The molecule has 4 nitrogen and oxygen atoms in total. The third-order valence-corrected chi connectivity index (χ3v) is 1.82. The van der Waals surface area contributed by atoms with Gasteiger partial charge in [0, 0.05) is 0 Å². The molecular weight excluding hydrogens is 168 g/mol. The summed E-state index contributed by atoms with van der Waals surface area (Å²) in [5.41, 5.74) is 1.65. The van der Waals surface area contributed by atoms with E-state index in [1.165, 1.54) is 0 Å². The highest BCUT2D eigenvalue weighted by atomic mass is 16.2. The van der Waals surface area contributed by atoms with Gasteiger partial charge in [-0.3, -0.25) is 4.79 Å². The number of anilines is 2. The first kappa shape index (κ1) is 7.67. The van der Waals surface area contributed by atoms with Crippen LogP contribution < -0.4 is 10.6 Å². The lowest BCUT2D eigenvalue weighted by Crippen LogP contribution is -2.25. The largest absolute Gasteiger partial charge is 0.513 e. The number of fused-ring (bicyclic) bond motifs is 1. The Morgan fingerprint density at radius 1 is 1.15 bits per heavy atom. The second kappa shape index (κ2) is 2.82. The molecule has 0 radical (unpaired) electrons. The van der Waals surface area contributed by atoms with Crippen molar-refractivity contribution in [1.29, 1.82) is 0 Å². The lowest BCUT2D eigenvalue weighted by atomic mass is 10.2. The molecule has 0 aromatic heterocycles. The molecule has 0 unspecified atom stereocenters. The van der Waals surface area contributed by atoms with Gasteiger partial charge in [-0.15, -0.1) is 0 Å². The minimum absolute atomic E-state index is 0.152. The van der Waals surface area contributed by atoms with Gasteiger partial charge >= 0.3 is 0 Å². The summed E-state index contributed by atoms with van der Waals surface area (Å²) in [4.78, 5) is 11.2. The summed E-state index contributed by atoms with van der Waals surface area (Å²) in [5.74, 6) is -0.332. The highest BCUT2D eigenvalue weighted by molar-refractivity contribution is 6.10. The summed E-state index contributed by atoms with van der Waals surface area (Å²) in [5, 5.41) is 14.1. The molecule has 0 saturated heterocycles. The molecule has 0 fully saturated rings. The number of nitrogens with one attached hydrogen (secondary N) is 2. The van der Waals surface area contributed by atoms with Crippen LogP contribution in [0.3, 0.4) is 0 Å². The zero-order valence-electron chi connectivity index (χ0n) is 6.74. The molecule has 1 aromatic rings. The van der Waals surface area contributed by atoms with Crippen molar-refractivity contribution in [2.45, 2.75) is 0 Å².